The number of aromatic carboxylic acids is 1. The Morgan fingerprint density at radius 1 is 1.26 bits per heavy atom. The molecule has 0 radical (unpaired) electrons. The number of phosphoric ester groups is 1. The van der Waals surface area contributed by atoms with Crippen LogP contribution in [0.5, 0.6) is 0 Å². The van der Waals surface area contributed by atoms with Crippen LogP contribution in [0.2, 0.25) is 0 Å². The van der Waals surface area contributed by atoms with E-state index in [0.29, 0.717) is 0 Å². The van der Waals surface area contributed by atoms with Gasteiger partial charge in [0.05, 0.1) is 26.9 Å². The normalized spacial score (nSPS) is 14.1. The number of para-hydroxylation sites is 1. The summed E-state index contributed by atoms with van der Waals surface area (Å²) in [7, 11) is -5.34. The molecule has 0 aromatic heterocycles. The van der Waals surface area contributed by atoms with Crippen LogP contribution in [0, 0.1) is 0 Å². The number of hydrogen-bond donors (Lipinski definition) is 3. The molecule has 0 fully saturated rings. The highest BCUT2D eigenvalue weighted by molar-refractivity contribution is 7.43. The molecule has 2 atom stereocenters. The number of anilines is 1. The van der Waals surface area contributed by atoms with Crippen molar-refractivity contribution in [3.8, 4) is 0 Å². The molecule has 0 amide bonds. The summed E-state index contributed by atoms with van der Waals surface area (Å²) in [5.41, 5.74) is -0.153. The Hall–Kier alpha value is -1.81. The Morgan fingerprint density at radius 2 is 1.87 bits per heavy atom. The molecule has 10 nitrogen and oxygen atoms in total. The minimum atomic E-state index is -5.34. The topological polar surface area (TPSA) is 182 Å². The van der Waals surface area contributed by atoms with E-state index >= 15 is 0 Å². The van der Waals surface area contributed by atoms with Gasteiger partial charge in [0, 0.05) is 11.3 Å². The Kier molecular flexibility index (Phi) is 6.82. The molecular formula is C12H13NO9P-3. The van der Waals surface area contributed by atoms with E-state index in [9.17, 15) is 39.3 Å². The third-order valence-electron chi connectivity index (χ3n) is 2.70. The molecule has 3 N–H and O–H groups in total. The third kappa shape index (κ3) is 6.45. The summed E-state index contributed by atoms with van der Waals surface area (Å²) >= 11 is 0. The van der Waals surface area contributed by atoms with Gasteiger partial charge in [-0.25, -0.2) is 0 Å². The quantitative estimate of drug-likeness (QED) is 0.381. The SMILES string of the molecule is O=C([O-])c1ccccc1NCC(=O)[C@H](O)[C@H](O)COP(=O)([O-])[O-]. The van der Waals surface area contributed by atoms with E-state index < -0.39 is 44.9 Å². The van der Waals surface area contributed by atoms with Crippen LogP contribution in [0.15, 0.2) is 24.3 Å². The monoisotopic (exact) mass is 346 g/mol. The van der Waals surface area contributed by atoms with Crippen LogP contribution in [0.4, 0.5) is 5.69 Å². The van der Waals surface area contributed by atoms with Crippen molar-refractivity contribution < 1.29 is 43.8 Å². The lowest BCUT2D eigenvalue weighted by atomic mass is 10.1. The lowest BCUT2D eigenvalue weighted by Gasteiger charge is -2.30. The highest BCUT2D eigenvalue weighted by atomic mass is 31.2. The summed E-state index contributed by atoms with van der Waals surface area (Å²) in [6.07, 6.45) is -3.96. The number of ketones is 1. The summed E-state index contributed by atoms with van der Waals surface area (Å²) in [6.45, 7) is -1.64. The summed E-state index contributed by atoms with van der Waals surface area (Å²) in [5, 5.41) is 32.2. The van der Waals surface area contributed by atoms with Crippen molar-refractivity contribution in [2.75, 3.05) is 18.5 Å². The van der Waals surface area contributed by atoms with Gasteiger partial charge in [0.25, 0.3) is 0 Å². The molecule has 1 aromatic carbocycles. The molecule has 0 unspecified atom stereocenters. The molecule has 23 heavy (non-hydrogen) atoms. The first-order chi connectivity index (χ1) is 10.6. The van der Waals surface area contributed by atoms with Gasteiger partial charge in [0.15, 0.2) is 5.78 Å². The number of rotatable bonds is 9. The van der Waals surface area contributed by atoms with E-state index in [1.807, 2.05) is 0 Å². The Morgan fingerprint density at radius 3 is 2.43 bits per heavy atom. The molecule has 0 aliphatic rings. The van der Waals surface area contributed by atoms with Crippen molar-refractivity contribution in [3.63, 3.8) is 0 Å². The average Bonchev–Trinajstić information content (AvgIpc) is 2.48. The first-order valence-corrected chi connectivity index (χ1v) is 7.67. The maximum atomic E-state index is 11.6. The van der Waals surface area contributed by atoms with Gasteiger partial charge in [-0.15, -0.1) is 0 Å². The van der Waals surface area contributed by atoms with Crippen LogP contribution in [-0.2, 0) is 13.9 Å². The van der Waals surface area contributed by atoms with Gasteiger partial charge in [-0.1, -0.05) is 18.2 Å². The van der Waals surface area contributed by atoms with Crippen LogP contribution in [-0.4, -0.2) is 47.3 Å². The van der Waals surface area contributed by atoms with Crippen LogP contribution in [0.3, 0.4) is 0 Å². The summed E-state index contributed by atoms with van der Waals surface area (Å²) in [4.78, 5) is 43.0. The number of carboxylic acid groups (broad SMARTS) is 1. The molecule has 0 aliphatic heterocycles. The standard InChI is InChI=1S/C12H16NO9P/c14-9(11(16)10(15)6-22-23(19,20)21)5-13-8-4-2-1-3-7(8)12(17)18/h1-4,10-11,13,15-16H,5-6H2,(H,17,18)(H2,19,20,21)/p-3/t10-,11+/m1/s1. The van der Waals surface area contributed by atoms with Crippen LogP contribution in [0.1, 0.15) is 10.4 Å². The zero-order valence-electron chi connectivity index (χ0n) is 11.6. The fourth-order valence-corrected chi connectivity index (χ4v) is 1.91. The second-order valence-electron chi connectivity index (χ2n) is 4.41. The Balaban J connectivity index is 2.59. The number of phosphoric acid groups is 1. The highest BCUT2D eigenvalue weighted by Crippen LogP contribution is 2.24. The second-order valence-corrected chi connectivity index (χ2v) is 5.56. The molecule has 0 aliphatic carbocycles. The number of benzene rings is 1. The Bertz CT molecular complexity index is 614. The average molecular weight is 346 g/mol. The van der Waals surface area contributed by atoms with Crippen LogP contribution in [0.25, 0.3) is 0 Å². The van der Waals surface area contributed by atoms with Crippen molar-refractivity contribution in [2.45, 2.75) is 12.2 Å². The van der Waals surface area contributed by atoms with Gasteiger partial charge in [0.2, 0.25) is 0 Å². The maximum Gasteiger partial charge on any atom is 0.182 e. The number of aliphatic hydroxyl groups is 2. The van der Waals surface area contributed by atoms with E-state index in [0.717, 1.165) is 0 Å². The molecule has 0 spiro atoms. The molecule has 0 heterocycles. The largest absolute Gasteiger partial charge is 0.790 e. The zero-order chi connectivity index (χ0) is 17.6. The predicted octanol–water partition coefficient (Wildman–Crippen LogP) is -3.40. The van der Waals surface area contributed by atoms with Gasteiger partial charge in [-0.05, 0) is 6.07 Å². The minimum Gasteiger partial charge on any atom is -0.790 e. The number of carbonyl (C=O) groups is 2. The molecule has 1 aromatic rings. The molecule has 1 rings (SSSR count). The van der Waals surface area contributed by atoms with Crippen LogP contribution >= 0.6 is 7.82 Å². The van der Waals surface area contributed by atoms with Crippen molar-refractivity contribution in [1.29, 1.82) is 0 Å². The first-order valence-electron chi connectivity index (χ1n) is 6.21. The zero-order valence-corrected chi connectivity index (χ0v) is 12.5. The van der Waals surface area contributed by atoms with E-state index in [4.69, 9.17) is 0 Å². The van der Waals surface area contributed by atoms with E-state index in [2.05, 4.69) is 9.84 Å². The number of carbonyl (C=O) groups excluding carboxylic acids is 2. The first kappa shape index (κ1) is 19.2. The van der Waals surface area contributed by atoms with Gasteiger partial charge in [-0.3, -0.25) is 4.79 Å². The fraction of sp³-hybridized carbons (Fsp3) is 0.333. The van der Waals surface area contributed by atoms with Gasteiger partial charge in [0.1, 0.15) is 12.2 Å². The van der Waals surface area contributed by atoms with Crippen molar-refractivity contribution in [2.24, 2.45) is 0 Å². The van der Waals surface area contributed by atoms with Gasteiger partial charge in [-0.2, -0.15) is 0 Å². The van der Waals surface area contributed by atoms with E-state index in [1.165, 1.54) is 24.3 Å². The number of hydrogen-bond acceptors (Lipinski definition) is 10. The van der Waals surface area contributed by atoms with Crippen molar-refractivity contribution in [3.05, 3.63) is 29.8 Å². The smallest absolute Gasteiger partial charge is 0.182 e. The lowest BCUT2D eigenvalue weighted by Crippen LogP contribution is -2.40. The molecule has 0 saturated heterocycles. The van der Waals surface area contributed by atoms with E-state index in [1.54, 1.807) is 0 Å². The summed E-state index contributed by atoms with van der Waals surface area (Å²) < 4.78 is 14.0. The number of nitrogens with one attached hydrogen (secondary N) is 1. The predicted molar refractivity (Wildman–Crippen MR) is 69.8 cm³/mol. The Labute approximate surface area is 130 Å². The number of aliphatic hydroxyl groups excluding tert-OH is 2. The van der Waals surface area contributed by atoms with Gasteiger partial charge < -0.3 is 44.3 Å². The number of carboxylic acids is 1. The van der Waals surface area contributed by atoms with Crippen molar-refractivity contribution in [1.82, 2.24) is 0 Å². The lowest BCUT2D eigenvalue weighted by molar-refractivity contribution is -0.343. The molecule has 0 bridgehead atoms. The van der Waals surface area contributed by atoms with Crippen molar-refractivity contribution >= 4 is 25.3 Å². The summed E-state index contributed by atoms with van der Waals surface area (Å²) in [6, 6.07) is 5.54. The minimum absolute atomic E-state index is 0.0578. The molecule has 11 heteroatoms. The fourth-order valence-electron chi connectivity index (χ4n) is 1.58. The van der Waals surface area contributed by atoms with Gasteiger partial charge >= 0.3 is 0 Å². The van der Waals surface area contributed by atoms with E-state index in [-0.39, 0.29) is 11.3 Å². The maximum absolute atomic E-state index is 11.6. The molecular weight excluding hydrogens is 333 g/mol. The summed E-state index contributed by atoms with van der Waals surface area (Å²) in [5.74, 6) is -2.45. The second kappa shape index (κ2) is 8.16. The van der Waals surface area contributed by atoms with Crippen LogP contribution < -0.4 is 20.2 Å². The number of Topliss-reactive ketones (excluding diaryl/α,β-unsaturated/α-hetero) is 1. The molecule has 128 valence electrons. The third-order valence-corrected chi connectivity index (χ3v) is 3.16. The highest BCUT2D eigenvalue weighted by Gasteiger charge is 2.24. The molecule has 0 saturated carbocycles.